The molecular weight excluding hydrogens is 374 g/mol. The zero-order chi connectivity index (χ0) is 19.3. The zero-order valence-electron chi connectivity index (χ0n) is 15.5. The van der Waals surface area contributed by atoms with Crippen LogP contribution in [0.3, 0.4) is 0 Å². The normalized spacial score (nSPS) is 16.2. The van der Waals surface area contributed by atoms with Gasteiger partial charge in [-0.05, 0) is 42.7 Å². The predicted molar refractivity (Wildman–Crippen MR) is 108 cm³/mol. The molecule has 0 radical (unpaired) electrons. The van der Waals surface area contributed by atoms with Gasteiger partial charge in [0.2, 0.25) is 11.0 Å². The maximum atomic E-state index is 13.0. The number of nitrogens with one attached hydrogen (secondary N) is 1. The third kappa shape index (κ3) is 4.12. The monoisotopic (exact) mass is 395 g/mol. The van der Waals surface area contributed by atoms with Gasteiger partial charge in [-0.3, -0.25) is 4.79 Å². The van der Waals surface area contributed by atoms with Gasteiger partial charge in [-0.15, -0.1) is 10.2 Å². The van der Waals surface area contributed by atoms with Crippen LogP contribution in [0, 0.1) is 0 Å². The minimum atomic E-state index is -0.00530. The molecule has 3 aromatic rings. The van der Waals surface area contributed by atoms with E-state index in [1.54, 1.807) is 12.6 Å². The molecular formula is C20H21N5O2S. The molecule has 1 atom stereocenters. The number of anilines is 2. The van der Waals surface area contributed by atoms with Crippen molar-refractivity contribution < 1.29 is 9.53 Å². The number of benzene rings is 1. The van der Waals surface area contributed by atoms with E-state index in [-0.39, 0.29) is 11.9 Å². The lowest BCUT2D eigenvalue weighted by atomic mass is 10.1. The molecule has 0 saturated carbocycles. The molecule has 1 N–H and O–H groups in total. The van der Waals surface area contributed by atoms with E-state index in [1.165, 1.54) is 11.3 Å². The molecule has 0 aliphatic carbocycles. The van der Waals surface area contributed by atoms with Gasteiger partial charge in [0.05, 0.1) is 25.3 Å². The smallest absolute Gasteiger partial charge is 0.227 e. The lowest BCUT2D eigenvalue weighted by Crippen LogP contribution is -2.32. The summed E-state index contributed by atoms with van der Waals surface area (Å²) < 4.78 is 5.26. The fourth-order valence-electron chi connectivity index (χ4n) is 3.48. The Morgan fingerprint density at radius 3 is 3.04 bits per heavy atom. The number of pyridine rings is 1. The molecule has 1 aliphatic rings. The molecule has 1 fully saturated rings. The number of methoxy groups -OCH3 is 1. The summed E-state index contributed by atoms with van der Waals surface area (Å²) in [5.74, 6) is 1.58. The second kappa shape index (κ2) is 8.35. The van der Waals surface area contributed by atoms with Crippen LogP contribution in [0.25, 0.3) is 0 Å². The summed E-state index contributed by atoms with van der Waals surface area (Å²) in [5.41, 5.74) is 3.52. The molecule has 0 spiro atoms. The van der Waals surface area contributed by atoms with E-state index >= 15 is 0 Å². The first-order chi connectivity index (χ1) is 13.7. The number of carbonyl (C=O) groups is 1. The largest absolute Gasteiger partial charge is 0.497 e. The SMILES string of the molecule is COc1cccc(CC(=O)N2CCC[C@@H]2c2cccc(Nc3nncs3)n2)c1. The molecule has 1 saturated heterocycles. The van der Waals surface area contributed by atoms with Gasteiger partial charge >= 0.3 is 0 Å². The van der Waals surface area contributed by atoms with Crippen LogP contribution in [0.4, 0.5) is 10.9 Å². The number of amides is 1. The van der Waals surface area contributed by atoms with Crippen molar-refractivity contribution in [1.82, 2.24) is 20.1 Å². The minimum Gasteiger partial charge on any atom is -0.497 e. The van der Waals surface area contributed by atoms with Crippen LogP contribution in [0.15, 0.2) is 48.0 Å². The molecule has 2 aromatic heterocycles. The topological polar surface area (TPSA) is 80.2 Å². The molecule has 4 rings (SSSR count). The maximum absolute atomic E-state index is 13.0. The summed E-state index contributed by atoms with van der Waals surface area (Å²) >= 11 is 1.42. The molecule has 1 aliphatic heterocycles. The van der Waals surface area contributed by atoms with Gasteiger partial charge in [-0.1, -0.05) is 29.5 Å². The highest BCUT2D eigenvalue weighted by Crippen LogP contribution is 2.32. The summed E-state index contributed by atoms with van der Waals surface area (Å²) in [7, 11) is 1.63. The number of hydrogen-bond acceptors (Lipinski definition) is 7. The number of likely N-dealkylation sites (tertiary alicyclic amines) is 1. The van der Waals surface area contributed by atoms with Gasteiger partial charge < -0.3 is 15.0 Å². The first-order valence-corrected chi connectivity index (χ1v) is 10.0. The van der Waals surface area contributed by atoms with Crippen molar-refractivity contribution in [2.75, 3.05) is 19.0 Å². The summed E-state index contributed by atoms with van der Waals surface area (Å²) in [6.07, 6.45) is 2.25. The highest BCUT2D eigenvalue weighted by atomic mass is 32.1. The van der Waals surface area contributed by atoms with E-state index in [9.17, 15) is 4.79 Å². The Morgan fingerprint density at radius 2 is 2.21 bits per heavy atom. The van der Waals surface area contributed by atoms with Crippen molar-refractivity contribution in [2.24, 2.45) is 0 Å². The van der Waals surface area contributed by atoms with Gasteiger partial charge in [0, 0.05) is 6.54 Å². The lowest BCUT2D eigenvalue weighted by Gasteiger charge is -2.25. The van der Waals surface area contributed by atoms with Gasteiger partial charge in [0.15, 0.2) is 0 Å². The van der Waals surface area contributed by atoms with E-state index in [0.717, 1.165) is 36.4 Å². The van der Waals surface area contributed by atoms with E-state index in [1.807, 2.05) is 47.4 Å². The summed E-state index contributed by atoms with van der Waals surface area (Å²) in [6.45, 7) is 0.753. The molecule has 0 bridgehead atoms. The molecule has 7 nitrogen and oxygen atoms in total. The van der Waals surface area contributed by atoms with Crippen LogP contribution in [-0.2, 0) is 11.2 Å². The zero-order valence-corrected chi connectivity index (χ0v) is 16.4. The second-order valence-electron chi connectivity index (χ2n) is 6.59. The molecule has 3 heterocycles. The van der Waals surface area contributed by atoms with Crippen molar-refractivity contribution in [3.05, 3.63) is 59.2 Å². The number of nitrogens with zero attached hydrogens (tertiary/aromatic N) is 4. The Morgan fingerprint density at radius 1 is 1.32 bits per heavy atom. The molecule has 8 heteroatoms. The Bertz CT molecular complexity index is 947. The van der Waals surface area contributed by atoms with E-state index in [2.05, 4.69) is 15.5 Å². The van der Waals surface area contributed by atoms with Crippen LogP contribution in [0.2, 0.25) is 0 Å². The van der Waals surface area contributed by atoms with Crippen LogP contribution < -0.4 is 10.1 Å². The maximum Gasteiger partial charge on any atom is 0.227 e. The third-order valence-corrected chi connectivity index (χ3v) is 5.38. The molecule has 28 heavy (non-hydrogen) atoms. The minimum absolute atomic E-state index is 0.00530. The number of rotatable bonds is 6. The van der Waals surface area contributed by atoms with E-state index < -0.39 is 0 Å². The quantitative estimate of drug-likeness (QED) is 0.687. The standard InChI is InChI=1S/C20H21N5O2S/c1-27-15-6-2-5-14(11-15)12-19(26)25-10-4-8-17(25)16-7-3-9-18(22-16)23-20-24-21-13-28-20/h2-3,5-7,9,11,13,17H,4,8,10,12H2,1H3,(H,22,23,24)/t17-/m1/s1. The Balaban J connectivity index is 1.49. The highest BCUT2D eigenvalue weighted by Gasteiger charge is 2.31. The van der Waals surface area contributed by atoms with Crippen molar-refractivity contribution in [3.8, 4) is 5.75 Å². The highest BCUT2D eigenvalue weighted by molar-refractivity contribution is 7.13. The fourth-order valence-corrected chi connectivity index (χ4v) is 3.93. The van der Waals surface area contributed by atoms with E-state index in [0.29, 0.717) is 17.4 Å². The van der Waals surface area contributed by atoms with Gasteiger partial charge in [0.1, 0.15) is 17.1 Å². The van der Waals surface area contributed by atoms with Crippen LogP contribution >= 0.6 is 11.3 Å². The number of aromatic nitrogens is 3. The number of hydrogen-bond donors (Lipinski definition) is 1. The molecule has 0 unspecified atom stereocenters. The number of ether oxygens (including phenoxy) is 1. The van der Waals surface area contributed by atoms with Gasteiger partial charge in [-0.2, -0.15) is 0 Å². The molecule has 144 valence electrons. The number of carbonyl (C=O) groups excluding carboxylic acids is 1. The Kier molecular flexibility index (Phi) is 5.48. The first-order valence-electron chi connectivity index (χ1n) is 9.15. The molecule has 1 aromatic carbocycles. The van der Waals surface area contributed by atoms with Crippen LogP contribution in [0.5, 0.6) is 5.75 Å². The van der Waals surface area contributed by atoms with Gasteiger partial charge in [-0.25, -0.2) is 4.98 Å². The second-order valence-corrected chi connectivity index (χ2v) is 7.42. The van der Waals surface area contributed by atoms with Gasteiger partial charge in [0.25, 0.3) is 0 Å². The van der Waals surface area contributed by atoms with Crippen molar-refractivity contribution >= 4 is 28.2 Å². The molecule has 1 amide bonds. The predicted octanol–water partition coefficient (Wildman–Crippen LogP) is 3.59. The van der Waals surface area contributed by atoms with E-state index in [4.69, 9.17) is 9.72 Å². The average molecular weight is 395 g/mol. The average Bonchev–Trinajstić information content (AvgIpc) is 3.40. The van der Waals surface area contributed by atoms with Crippen molar-refractivity contribution in [1.29, 1.82) is 0 Å². The third-order valence-electron chi connectivity index (χ3n) is 4.77. The Labute approximate surface area is 167 Å². The lowest BCUT2D eigenvalue weighted by molar-refractivity contribution is -0.131. The summed E-state index contributed by atoms with van der Waals surface area (Å²) in [6, 6.07) is 13.5. The summed E-state index contributed by atoms with van der Waals surface area (Å²) in [4.78, 5) is 19.6. The van der Waals surface area contributed by atoms with Crippen LogP contribution in [-0.4, -0.2) is 39.6 Å². The summed E-state index contributed by atoms with van der Waals surface area (Å²) in [5, 5.41) is 11.7. The van der Waals surface area contributed by atoms with Crippen LogP contribution in [0.1, 0.15) is 30.1 Å². The Hall–Kier alpha value is -3.00. The van der Waals surface area contributed by atoms with Crippen molar-refractivity contribution in [3.63, 3.8) is 0 Å². The fraction of sp³-hybridized carbons (Fsp3) is 0.300. The van der Waals surface area contributed by atoms with Crippen molar-refractivity contribution in [2.45, 2.75) is 25.3 Å². The first kappa shape index (κ1) is 18.4.